The van der Waals surface area contributed by atoms with Crippen LogP contribution in [0, 0.1) is 0 Å². The maximum absolute atomic E-state index is 12.3. The average molecular weight is 246 g/mol. The van der Waals surface area contributed by atoms with Crippen molar-refractivity contribution in [3.8, 4) is 5.75 Å². The number of Topliss-reactive ketones (excluding diaryl/α,β-unsaturated/α-hetero) is 1. The Kier molecular flexibility index (Phi) is 2.49. The fraction of sp³-hybridized carbons (Fsp3) is 0.533. The molecule has 18 heavy (non-hydrogen) atoms. The maximum atomic E-state index is 12.3. The predicted octanol–water partition coefficient (Wildman–Crippen LogP) is 2.21. The zero-order chi connectivity index (χ0) is 12.8. The minimum Gasteiger partial charge on any atom is -0.497 e. The van der Waals surface area contributed by atoms with Gasteiger partial charge in [-0.05, 0) is 43.4 Å². The molecule has 3 aliphatic carbocycles. The van der Waals surface area contributed by atoms with Crippen molar-refractivity contribution in [1.82, 2.24) is 0 Å². The van der Waals surface area contributed by atoms with Crippen LogP contribution in [0.2, 0.25) is 0 Å². The van der Waals surface area contributed by atoms with Gasteiger partial charge in [-0.2, -0.15) is 0 Å². The highest BCUT2D eigenvalue weighted by Gasteiger charge is 2.54. The van der Waals surface area contributed by atoms with E-state index in [0.717, 1.165) is 37.0 Å². The van der Waals surface area contributed by atoms with Gasteiger partial charge >= 0.3 is 0 Å². The van der Waals surface area contributed by atoms with Crippen molar-refractivity contribution in [1.29, 1.82) is 0 Å². The van der Waals surface area contributed by atoms with E-state index in [1.807, 2.05) is 24.3 Å². The number of hydrogen-bond donors (Lipinski definition) is 1. The summed E-state index contributed by atoms with van der Waals surface area (Å²) in [5.41, 5.74) is 0.0113. The molecule has 3 nitrogen and oxygen atoms in total. The molecule has 0 heterocycles. The highest BCUT2D eigenvalue weighted by molar-refractivity contribution is 5.92. The molecular weight excluding hydrogens is 228 g/mol. The number of ether oxygens (including phenoxy) is 1. The van der Waals surface area contributed by atoms with Crippen LogP contribution in [0.5, 0.6) is 5.75 Å². The van der Waals surface area contributed by atoms with Crippen LogP contribution >= 0.6 is 0 Å². The third-order valence-electron chi connectivity index (χ3n) is 4.70. The van der Waals surface area contributed by atoms with Crippen LogP contribution in [0.4, 0.5) is 0 Å². The molecule has 96 valence electrons. The number of rotatable bonds is 2. The Balaban J connectivity index is 1.97. The summed E-state index contributed by atoms with van der Waals surface area (Å²) in [6, 6.07) is 7.80. The number of carbonyl (C=O) groups excluding carboxylic acids is 1. The lowest BCUT2D eigenvalue weighted by atomic mass is 9.55. The monoisotopic (exact) mass is 246 g/mol. The van der Waals surface area contributed by atoms with E-state index in [2.05, 4.69) is 0 Å². The molecule has 0 saturated heterocycles. The first-order valence-corrected chi connectivity index (χ1v) is 6.48. The molecule has 0 radical (unpaired) electrons. The lowest BCUT2D eigenvalue weighted by Crippen LogP contribution is -2.54. The molecule has 1 N–H and O–H groups in total. The molecule has 0 spiro atoms. The van der Waals surface area contributed by atoms with Gasteiger partial charge in [-0.3, -0.25) is 4.79 Å². The number of aliphatic hydroxyl groups is 1. The van der Waals surface area contributed by atoms with Crippen LogP contribution in [0.15, 0.2) is 24.3 Å². The number of ketones is 1. The summed E-state index contributed by atoms with van der Waals surface area (Å²) in [5.74, 6) is 1.01. The molecule has 0 unspecified atom stereocenters. The molecule has 0 aliphatic heterocycles. The van der Waals surface area contributed by atoms with Gasteiger partial charge in [0.2, 0.25) is 0 Å². The zero-order valence-corrected chi connectivity index (χ0v) is 10.6. The largest absolute Gasteiger partial charge is 0.497 e. The van der Waals surface area contributed by atoms with E-state index in [-0.39, 0.29) is 11.2 Å². The standard InChI is InChI=1S/C15H18O3/c1-18-12-4-2-11(3-5-12)15-8-6-14(17,7-9-15)10-13(15)16/h2-5,17H,6-10H2,1H3. The molecule has 4 rings (SSSR count). The van der Waals surface area contributed by atoms with Gasteiger partial charge in [-0.1, -0.05) is 12.1 Å². The molecule has 3 fully saturated rings. The molecule has 0 atom stereocenters. The fourth-order valence-corrected chi connectivity index (χ4v) is 3.43. The number of carbonyl (C=O) groups is 1. The van der Waals surface area contributed by atoms with E-state index in [1.54, 1.807) is 7.11 Å². The quantitative estimate of drug-likeness (QED) is 0.870. The number of benzene rings is 1. The van der Waals surface area contributed by atoms with E-state index in [4.69, 9.17) is 4.74 Å². The summed E-state index contributed by atoms with van der Waals surface area (Å²) in [5, 5.41) is 10.2. The first kappa shape index (κ1) is 11.7. The number of methoxy groups -OCH3 is 1. The molecule has 0 amide bonds. The van der Waals surface area contributed by atoms with Crippen LogP contribution < -0.4 is 4.74 Å². The molecule has 1 aromatic rings. The third kappa shape index (κ3) is 1.57. The van der Waals surface area contributed by atoms with Crippen molar-refractivity contribution >= 4 is 5.78 Å². The van der Waals surface area contributed by atoms with E-state index >= 15 is 0 Å². The van der Waals surface area contributed by atoms with E-state index < -0.39 is 5.60 Å². The SMILES string of the molecule is COc1ccc(C23CCC(O)(CC2)CC3=O)cc1. The lowest BCUT2D eigenvalue weighted by Gasteiger charge is -2.49. The third-order valence-corrected chi connectivity index (χ3v) is 4.70. The lowest BCUT2D eigenvalue weighted by molar-refractivity contribution is -0.145. The van der Waals surface area contributed by atoms with Crippen molar-refractivity contribution in [2.24, 2.45) is 0 Å². The van der Waals surface area contributed by atoms with Gasteiger partial charge in [0.25, 0.3) is 0 Å². The van der Waals surface area contributed by atoms with E-state index in [0.29, 0.717) is 6.42 Å². The van der Waals surface area contributed by atoms with Crippen molar-refractivity contribution < 1.29 is 14.6 Å². The van der Waals surface area contributed by atoms with Crippen molar-refractivity contribution in [2.45, 2.75) is 43.1 Å². The fourth-order valence-electron chi connectivity index (χ4n) is 3.43. The predicted molar refractivity (Wildman–Crippen MR) is 67.7 cm³/mol. The highest BCUT2D eigenvalue weighted by atomic mass is 16.5. The second-order valence-corrected chi connectivity index (χ2v) is 5.63. The number of fused-ring (bicyclic) bond motifs is 3. The second kappa shape index (κ2) is 3.82. The Morgan fingerprint density at radius 3 is 2.22 bits per heavy atom. The summed E-state index contributed by atoms with van der Waals surface area (Å²) in [6.07, 6.45) is 3.35. The molecule has 3 aliphatic rings. The van der Waals surface area contributed by atoms with Crippen molar-refractivity contribution in [3.63, 3.8) is 0 Å². The van der Waals surface area contributed by atoms with Crippen LogP contribution in [0.1, 0.15) is 37.7 Å². The van der Waals surface area contributed by atoms with Gasteiger partial charge < -0.3 is 9.84 Å². The Labute approximate surface area is 107 Å². The second-order valence-electron chi connectivity index (χ2n) is 5.63. The van der Waals surface area contributed by atoms with E-state index in [1.165, 1.54) is 0 Å². The number of hydrogen-bond acceptors (Lipinski definition) is 3. The topological polar surface area (TPSA) is 46.5 Å². The van der Waals surface area contributed by atoms with E-state index in [9.17, 15) is 9.90 Å². The summed E-state index contributed by atoms with van der Waals surface area (Å²) < 4.78 is 5.15. The van der Waals surface area contributed by atoms with Gasteiger partial charge in [0, 0.05) is 6.42 Å². The Morgan fingerprint density at radius 1 is 1.11 bits per heavy atom. The molecule has 0 aromatic heterocycles. The summed E-state index contributed by atoms with van der Waals surface area (Å²) in [7, 11) is 1.64. The maximum Gasteiger partial charge on any atom is 0.146 e. The summed E-state index contributed by atoms with van der Waals surface area (Å²) >= 11 is 0. The Hall–Kier alpha value is -1.35. The zero-order valence-electron chi connectivity index (χ0n) is 10.6. The van der Waals surface area contributed by atoms with Gasteiger partial charge in [0.1, 0.15) is 11.5 Å². The Morgan fingerprint density at radius 2 is 1.72 bits per heavy atom. The van der Waals surface area contributed by atoms with Gasteiger partial charge in [0.05, 0.1) is 18.1 Å². The minimum atomic E-state index is -0.717. The molecular formula is C15H18O3. The minimum absolute atomic E-state index is 0.202. The smallest absolute Gasteiger partial charge is 0.146 e. The summed E-state index contributed by atoms with van der Waals surface area (Å²) in [6.45, 7) is 0. The summed E-state index contributed by atoms with van der Waals surface area (Å²) in [4.78, 5) is 12.3. The van der Waals surface area contributed by atoms with Crippen molar-refractivity contribution in [3.05, 3.63) is 29.8 Å². The Bertz CT molecular complexity index is 467. The normalized spacial score (nSPS) is 34.7. The average Bonchev–Trinajstić information content (AvgIpc) is 2.39. The molecule has 3 saturated carbocycles. The van der Waals surface area contributed by atoms with Gasteiger partial charge in [0.15, 0.2) is 0 Å². The van der Waals surface area contributed by atoms with Crippen molar-refractivity contribution in [2.75, 3.05) is 7.11 Å². The molecule has 2 bridgehead atoms. The first-order chi connectivity index (χ1) is 8.58. The molecule has 3 heteroatoms. The van der Waals surface area contributed by atoms with Gasteiger partial charge in [-0.25, -0.2) is 0 Å². The van der Waals surface area contributed by atoms with Crippen LogP contribution in [-0.4, -0.2) is 23.6 Å². The van der Waals surface area contributed by atoms with Crippen LogP contribution in [0.25, 0.3) is 0 Å². The molecule has 1 aromatic carbocycles. The van der Waals surface area contributed by atoms with Gasteiger partial charge in [-0.15, -0.1) is 0 Å². The highest BCUT2D eigenvalue weighted by Crippen LogP contribution is 2.51. The van der Waals surface area contributed by atoms with Crippen LogP contribution in [-0.2, 0) is 10.2 Å². The van der Waals surface area contributed by atoms with Crippen LogP contribution in [0.3, 0.4) is 0 Å². The first-order valence-electron chi connectivity index (χ1n) is 6.48.